The highest BCUT2D eigenvalue weighted by molar-refractivity contribution is 6.33. The molecular formula is C25H26ClN3O. The third kappa shape index (κ3) is 3.88. The third-order valence-electron chi connectivity index (χ3n) is 5.84. The van der Waals surface area contributed by atoms with Gasteiger partial charge in [0.05, 0.1) is 22.4 Å². The lowest BCUT2D eigenvalue weighted by Crippen LogP contribution is -2.51. The fraction of sp³-hybridized carbons (Fsp3) is 0.240. The van der Waals surface area contributed by atoms with Gasteiger partial charge in [-0.1, -0.05) is 74.0 Å². The molecule has 5 heteroatoms. The Bertz CT molecular complexity index is 1020. The van der Waals surface area contributed by atoms with Gasteiger partial charge in [0, 0.05) is 17.6 Å². The monoisotopic (exact) mass is 419 g/mol. The number of hydrogen-bond donors (Lipinski definition) is 2. The molecule has 0 aromatic heterocycles. The lowest BCUT2D eigenvalue weighted by Gasteiger charge is -2.45. The molecule has 154 valence electrons. The summed E-state index contributed by atoms with van der Waals surface area (Å²) in [4.78, 5) is 15.3. The van der Waals surface area contributed by atoms with Crippen molar-refractivity contribution in [2.45, 2.75) is 32.4 Å². The Kier molecular flexibility index (Phi) is 5.96. The number of nitrogens with zero attached hydrogens (tertiary/aromatic N) is 1. The van der Waals surface area contributed by atoms with Crippen molar-refractivity contribution in [1.82, 2.24) is 0 Å². The summed E-state index contributed by atoms with van der Waals surface area (Å²) in [5.41, 5.74) is 3.75. The Morgan fingerprint density at radius 1 is 0.967 bits per heavy atom. The number of benzene rings is 3. The fourth-order valence-corrected chi connectivity index (χ4v) is 4.55. The number of carbonyl (C=O) groups is 1. The Morgan fingerprint density at radius 2 is 1.63 bits per heavy atom. The summed E-state index contributed by atoms with van der Waals surface area (Å²) in [6, 6.07) is 25.7. The molecule has 0 bridgehead atoms. The lowest BCUT2D eigenvalue weighted by molar-refractivity contribution is 0.247. The number of para-hydroxylation sites is 3. The van der Waals surface area contributed by atoms with Crippen molar-refractivity contribution in [1.29, 1.82) is 0 Å². The van der Waals surface area contributed by atoms with E-state index in [1.165, 1.54) is 0 Å². The molecule has 0 unspecified atom stereocenters. The molecule has 1 heterocycles. The fourth-order valence-electron chi connectivity index (χ4n) is 4.36. The third-order valence-corrected chi connectivity index (χ3v) is 6.17. The van der Waals surface area contributed by atoms with Gasteiger partial charge in [0.25, 0.3) is 0 Å². The highest BCUT2D eigenvalue weighted by Crippen LogP contribution is 2.43. The summed E-state index contributed by atoms with van der Waals surface area (Å²) >= 11 is 6.28. The van der Waals surface area contributed by atoms with Crippen LogP contribution in [0.15, 0.2) is 78.9 Å². The topological polar surface area (TPSA) is 44.4 Å². The van der Waals surface area contributed by atoms with Gasteiger partial charge in [-0.25, -0.2) is 4.79 Å². The zero-order valence-electron chi connectivity index (χ0n) is 17.2. The average molecular weight is 420 g/mol. The second kappa shape index (κ2) is 8.80. The van der Waals surface area contributed by atoms with Gasteiger partial charge in [-0.15, -0.1) is 0 Å². The molecule has 4 nitrogen and oxygen atoms in total. The van der Waals surface area contributed by atoms with Crippen molar-refractivity contribution in [3.05, 3.63) is 89.4 Å². The van der Waals surface area contributed by atoms with Crippen molar-refractivity contribution >= 4 is 34.7 Å². The number of hydrogen-bond acceptors (Lipinski definition) is 2. The Hall–Kier alpha value is -2.98. The molecule has 2 amide bonds. The zero-order valence-corrected chi connectivity index (χ0v) is 17.9. The van der Waals surface area contributed by atoms with E-state index in [-0.39, 0.29) is 24.0 Å². The van der Waals surface area contributed by atoms with E-state index in [1.807, 2.05) is 59.5 Å². The first-order valence-corrected chi connectivity index (χ1v) is 10.7. The lowest BCUT2D eigenvalue weighted by atomic mass is 9.81. The summed E-state index contributed by atoms with van der Waals surface area (Å²) < 4.78 is 0. The first-order chi connectivity index (χ1) is 14.6. The minimum atomic E-state index is -0.160. The molecule has 30 heavy (non-hydrogen) atoms. The smallest absolute Gasteiger partial charge is 0.326 e. The number of anilines is 3. The van der Waals surface area contributed by atoms with Crippen molar-refractivity contribution in [2.75, 3.05) is 15.5 Å². The second-order valence-corrected chi connectivity index (χ2v) is 8.07. The summed E-state index contributed by atoms with van der Waals surface area (Å²) in [5.74, 6) is 0.210. The molecule has 0 saturated carbocycles. The molecule has 1 aliphatic heterocycles. The highest BCUT2D eigenvalue weighted by Gasteiger charge is 2.40. The Balaban J connectivity index is 1.71. The van der Waals surface area contributed by atoms with Crippen LogP contribution in [-0.4, -0.2) is 12.1 Å². The van der Waals surface area contributed by atoms with Gasteiger partial charge >= 0.3 is 6.03 Å². The van der Waals surface area contributed by atoms with Crippen LogP contribution in [0.25, 0.3) is 0 Å². The maximum atomic E-state index is 13.4. The molecule has 3 aromatic rings. The zero-order chi connectivity index (χ0) is 21.1. The molecule has 1 aliphatic rings. The van der Waals surface area contributed by atoms with Crippen LogP contribution in [0.1, 0.15) is 31.9 Å². The van der Waals surface area contributed by atoms with Crippen molar-refractivity contribution in [2.24, 2.45) is 5.92 Å². The predicted molar refractivity (Wildman–Crippen MR) is 125 cm³/mol. The van der Waals surface area contributed by atoms with E-state index in [0.717, 1.165) is 23.4 Å². The van der Waals surface area contributed by atoms with Gasteiger partial charge in [-0.05, 0) is 42.3 Å². The molecule has 2 N–H and O–H groups in total. The molecule has 0 aliphatic carbocycles. The minimum absolute atomic E-state index is 0.0450. The number of urea groups is 1. The Labute approximate surface area is 182 Å². The molecule has 4 rings (SSSR count). The molecule has 0 radical (unpaired) electrons. The van der Waals surface area contributed by atoms with Gasteiger partial charge in [-0.2, -0.15) is 0 Å². The van der Waals surface area contributed by atoms with Gasteiger partial charge in [0.15, 0.2) is 0 Å². The number of rotatable bonds is 4. The van der Waals surface area contributed by atoms with Gasteiger partial charge in [0.1, 0.15) is 0 Å². The van der Waals surface area contributed by atoms with Gasteiger partial charge in [0.2, 0.25) is 0 Å². The number of fused-ring (bicyclic) bond motifs is 1. The molecule has 3 atom stereocenters. The quantitative estimate of drug-likeness (QED) is 0.480. The average Bonchev–Trinajstić information content (AvgIpc) is 2.77. The van der Waals surface area contributed by atoms with Crippen molar-refractivity contribution < 1.29 is 4.79 Å². The number of halogens is 1. The van der Waals surface area contributed by atoms with Gasteiger partial charge in [-0.3, -0.25) is 4.90 Å². The molecule has 0 fully saturated rings. The first-order valence-electron chi connectivity index (χ1n) is 10.4. The summed E-state index contributed by atoms with van der Waals surface area (Å²) in [6.45, 7) is 4.34. The summed E-state index contributed by atoms with van der Waals surface area (Å²) in [5, 5.41) is 7.22. The van der Waals surface area contributed by atoms with Crippen LogP contribution in [0.5, 0.6) is 0 Å². The van der Waals surface area contributed by atoms with Crippen LogP contribution >= 0.6 is 11.6 Å². The van der Waals surface area contributed by atoms with Crippen LogP contribution in [0.2, 0.25) is 5.02 Å². The van der Waals surface area contributed by atoms with Gasteiger partial charge < -0.3 is 10.6 Å². The number of amides is 2. The summed E-state index contributed by atoms with van der Waals surface area (Å²) in [7, 11) is 0. The van der Waals surface area contributed by atoms with Crippen LogP contribution in [-0.2, 0) is 0 Å². The standard InChI is InChI=1S/C25H26ClN3O/c1-3-22-17(2)24(27-18-11-5-4-6-12-18)19-13-7-10-16-23(19)29(22)25(30)28-21-15-9-8-14-20(21)26/h4-17,22,24,27H,3H2,1-2H3,(H,28,30)/t17-,22-,24+/m1/s1. The SMILES string of the molecule is CC[C@@H]1[C@@H](C)[C@H](Nc2ccccc2)c2ccccc2N1C(=O)Nc1ccccc1Cl. The maximum Gasteiger partial charge on any atom is 0.326 e. The van der Waals surface area contributed by atoms with E-state index < -0.39 is 0 Å². The van der Waals surface area contributed by atoms with Crippen LogP contribution in [0, 0.1) is 5.92 Å². The van der Waals surface area contributed by atoms with Crippen molar-refractivity contribution in [3.63, 3.8) is 0 Å². The normalized spacial score (nSPS) is 20.4. The number of nitrogens with one attached hydrogen (secondary N) is 2. The molecular weight excluding hydrogens is 394 g/mol. The van der Waals surface area contributed by atoms with E-state index >= 15 is 0 Å². The van der Waals surface area contributed by atoms with E-state index in [9.17, 15) is 4.79 Å². The largest absolute Gasteiger partial charge is 0.378 e. The highest BCUT2D eigenvalue weighted by atomic mass is 35.5. The predicted octanol–water partition coefficient (Wildman–Crippen LogP) is 6.96. The molecule has 0 spiro atoms. The van der Waals surface area contributed by atoms with Crippen molar-refractivity contribution in [3.8, 4) is 0 Å². The summed E-state index contributed by atoms with van der Waals surface area (Å²) in [6.07, 6.45) is 0.846. The van der Waals surface area contributed by atoms with E-state index in [1.54, 1.807) is 6.07 Å². The first kappa shape index (κ1) is 20.3. The van der Waals surface area contributed by atoms with E-state index in [4.69, 9.17) is 11.6 Å². The van der Waals surface area contributed by atoms with Crippen LogP contribution in [0.4, 0.5) is 21.9 Å². The second-order valence-electron chi connectivity index (χ2n) is 7.66. The van der Waals surface area contributed by atoms with E-state index in [0.29, 0.717) is 10.7 Å². The Morgan fingerprint density at radius 3 is 2.37 bits per heavy atom. The molecule has 3 aromatic carbocycles. The van der Waals surface area contributed by atoms with Crippen LogP contribution < -0.4 is 15.5 Å². The van der Waals surface area contributed by atoms with E-state index in [2.05, 4.69) is 42.7 Å². The van der Waals surface area contributed by atoms with Crippen LogP contribution in [0.3, 0.4) is 0 Å². The number of carbonyl (C=O) groups excluding carboxylic acids is 1. The minimum Gasteiger partial charge on any atom is -0.378 e. The molecule has 0 saturated heterocycles. The maximum absolute atomic E-state index is 13.4.